The van der Waals surface area contributed by atoms with Gasteiger partial charge >= 0.3 is 5.63 Å². The molecule has 3 rings (SSSR count). The topological polar surface area (TPSA) is 63.6 Å². The standard InChI is InChI=1S/C14H12O4/c1-14(2,16)11-7-9-12(18-11)8-5-3-4-6-10(8)17-13(9)15/h3-7,16H,1-2H3. The second kappa shape index (κ2) is 3.46. The van der Waals surface area contributed by atoms with E-state index in [1.807, 2.05) is 12.1 Å². The number of hydrogen-bond acceptors (Lipinski definition) is 4. The Hall–Kier alpha value is -2.07. The molecule has 2 aromatic heterocycles. The van der Waals surface area contributed by atoms with Gasteiger partial charge in [0.1, 0.15) is 22.3 Å². The average molecular weight is 244 g/mol. The van der Waals surface area contributed by atoms with E-state index in [2.05, 4.69) is 0 Å². The fraction of sp³-hybridized carbons (Fsp3) is 0.214. The predicted molar refractivity (Wildman–Crippen MR) is 67.5 cm³/mol. The van der Waals surface area contributed by atoms with Crippen LogP contribution in [0.25, 0.3) is 21.9 Å². The maximum absolute atomic E-state index is 11.8. The molecule has 0 saturated carbocycles. The van der Waals surface area contributed by atoms with E-state index in [1.54, 1.807) is 26.0 Å². The Morgan fingerprint density at radius 3 is 2.56 bits per heavy atom. The van der Waals surface area contributed by atoms with E-state index in [0.717, 1.165) is 5.39 Å². The summed E-state index contributed by atoms with van der Waals surface area (Å²) >= 11 is 0. The highest BCUT2D eigenvalue weighted by molar-refractivity contribution is 6.00. The lowest BCUT2D eigenvalue weighted by Gasteiger charge is -2.12. The molecular formula is C14H12O4. The van der Waals surface area contributed by atoms with Crippen molar-refractivity contribution in [3.63, 3.8) is 0 Å². The molecule has 4 nitrogen and oxygen atoms in total. The lowest BCUT2D eigenvalue weighted by atomic mass is 10.1. The molecule has 0 spiro atoms. The van der Waals surface area contributed by atoms with Crippen LogP contribution >= 0.6 is 0 Å². The third-order valence-electron chi connectivity index (χ3n) is 2.89. The molecule has 3 aromatic rings. The Balaban J connectivity index is 2.49. The number of rotatable bonds is 1. The zero-order chi connectivity index (χ0) is 12.9. The van der Waals surface area contributed by atoms with Gasteiger partial charge in [-0.25, -0.2) is 4.79 Å². The minimum Gasteiger partial charge on any atom is -0.457 e. The van der Waals surface area contributed by atoms with Crippen molar-refractivity contribution in [2.24, 2.45) is 0 Å². The molecule has 0 saturated heterocycles. The van der Waals surface area contributed by atoms with Crippen LogP contribution < -0.4 is 5.63 Å². The summed E-state index contributed by atoms with van der Waals surface area (Å²) in [7, 11) is 0. The van der Waals surface area contributed by atoms with Crippen LogP contribution in [-0.2, 0) is 5.60 Å². The number of hydrogen-bond donors (Lipinski definition) is 1. The van der Waals surface area contributed by atoms with Gasteiger partial charge in [-0.1, -0.05) is 12.1 Å². The second-order valence-corrected chi connectivity index (χ2v) is 4.80. The van der Waals surface area contributed by atoms with Crippen LogP contribution in [0.15, 0.2) is 44.0 Å². The minimum absolute atomic E-state index is 0.348. The average Bonchev–Trinajstić information content (AvgIpc) is 2.74. The fourth-order valence-electron chi connectivity index (χ4n) is 1.94. The predicted octanol–water partition coefficient (Wildman–Crippen LogP) is 2.77. The van der Waals surface area contributed by atoms with Gasteiger partial charge in [0.05, 0.1) is 5.39 Å². The molecule has 0 aliphatic rings. The van der Waals surface area contributed by atoms with Gasteiger partial charge in [-0.05, 0) is 32.0 Å². The highest BCUT2D eigenvalue weighted by Crippen LogP contribution is 2.30. The molecule has 0 aliphatic heterocycles. The van der Waals surface area contributed by atoms with Gasteiger partial charge in [0.15, 0.2) is 5.58 Å². The Labute approximate surface area is 102 Å². The summed E-state index contributed by atoms with van der Waals surface area (Å²) in [5, 5.41) is 11.0. The molecule has 0 bridgehead atoms. The van der Waals surface area contributed by atoms with Crippen molar-refractivity contribution in [3.05, 3.63) is 46.5 Å². The molecule has 2 heterocycles. The van der Waals surface area contributed by atoms with Crippen molar-refractivity contribution in [3.8, 4) is 0 Å². The van der Waals surface area contributed by atoms with E-state index in [9.17, 15) is 9.90 Å². The first-order valence-electron chi connectivity index (χ1n) is 5.65. The Morgan fingerprint density at radius 2 is 1.83 bits per heavy atom. The monoisotopic (exact) mass is 244 g/mol. The van der Waals surface area contributed by atoms with Crippen LogP contribution in [0.1, 0.15) is 19.6 Å². The summed E-state index contributed by atoms with van der Waals surface area (Å²) in [6.07, 6.45) is 0. The van der Waals surface area contributed by atoms with Crippen LogP contribution in [0.2, 0.25) is 0 Å². The van der Waals surface area contributed by atoms with Crippen LogP contribution in [0.4, 0.5) is 0 Å². The first-order valence-corrected chi connectivity index (χ1v) is 5.65. The smallest absolute Gasteiger partial charge is 0.347 e. The van der Waals surface area contributed by atoms with Gasteiger partial charge in [0, 0.05) is 0 Å². The highest BCUT2D eigenvalue weighted by atomic mass is 16.4. The zero-order valence-electron chi connectivity index (χ0n) is 10.1. The van der Waals surface area contributed by atoms with Gasteiger partial charge in [-0.2, -0.15) is 0 Å². The summed E-state index contributed by atoms with van der Waals surface area (Å²) in [5.41, 5.74) is -0.652. The van der Waals surface area contributed by atoms with Crippen molar-refractivity contribution in [1.29, 1.82) is 0 Å². The van der Waals surface area contributed by atoms with Crippen molar-refractivity contribution in [2.45, 2.75) is 19.4 Å². The first kappa shape index (κ1) is 11.0. The molecule has 0 amide bonds. The molecule has 0 radical (unpaired) electrons. The SMILES string of the molecule is CC(C)(O)c1cc2c(=O)oc3ccccc3c2o1. The van der Waals surface area contributed by atoms with Crippen LogP contribution in [0, 0.1) is 0 Å². The van der Waals surface area contributed by atoms with E-state index >= 15 is 0 Å². The lowest BCUT2D eigenvalue weighted by molar-refractivity contribution is 0.0560. The Morgan fingerprint density at radius 1 is 1.11 bits per heavy atom. The van der Waals surface area contributed by atoms with Crippen molar-refractivity contribution < 1.29 is 13.9 Å². The molecular weight excluding hydrogens is 232 g/mol. The van der Waals surface area contributed by atoms with Gasteiger partial charge < -0.3 is 13.9 Å². The summed E-state index contributed by atoms with van der Waals surface area (Å²) in [5.74, 6) is 0.348. The molecule has 1 N–H and O–H groups in total. The number of para-hydroxylation sites is 1. The van der Waals surface area contributed by atoms with Gasteiger partial charge in [-0.3, -0.25) is 0 Å². The van der Waals surface area contributed by atoms with Gasteiger partial charge in [0.2, 0.25) is 0 Å². The molecule has 4 heteroatoms. The van der Waals surface area contributed by atoms with E-state index < -0.39 is 11.2 Å². The molecule has 0 atom stereocenters. The third-order valence-corrected chi connectivity index (χ3v) is 2.89. The summed E-state index contributed by atoms with van der Waals surface area (Å²) in [6.45, 7) is 3.21. The van der Waals surface area contributed by atoms with Crippen LogP contribution in [0.3, 0.4) is 0 Å². The highest BCUT2D eigenvalue weighted by Gasteiger charge is 2.23. The van der Waals surface area contributed by atoms with Crippen molar-refractivity contribution in [2.75, 3.05) is 0 Å². The van der Waals surface area contributed by atoms with E-state index in [0.29, 0.717) is 22.3 Å². The van der Waals surface area contributed by atoms with Gasteiger partial charge in [-0.15, -0.1) is 0 Å². The van der Waals surface area contributed by atoms with Crippen LogP contribution in [0.5, 0.6) is 0 Å². The molecule has 18 heavy (non-hydrogen) atoms. The van der Waals surface area contributed by atoms with Crippen molar-refractivity contribution in [1.82, 2.24) is 0 Å². The Kier molecular flexibility index (Phi) is 2.12. The normalized spacial score (nSPS) is 12.4. The molecule has 92 valence electrons. The molecule has 0 unspecified atom stereocenters. The van der Waals surface area contributed by atoms with E-state index in [-0.39, 0.29) is 0 Å². The number of furan rings is 1. The summed E-state index contributed by atoms with van der Waals surface area (Å²) in [4.78, 5) is 11.8. The minimum atomic E-state index is -1.13. The Bertz CT molecular complexity index is 787. The quantitative estimate of drug-likeness (QED) is 0.668. The largest absolute Gasteiger partial charge is 0.457 e. The maximum atomic E-state index is 11.8. The molecule has 1 aromatic carbocycles. The fourth-order valence-corrected chi connectivity index (χ4v) is 1.94. The summed E-state index contributed by atoms with van der Waals surface area (Å²) < 4.78 is 10.8. The first-order chi connectivity index (χ1) is 8.47. The lowest BCUT2D eigenvalue weighted by Crippen LogP contribution is -2.13. The maximum Gasteiger partial charge on any atom is 0.347 e. The number of aliphatic hydroxyl groups is 1. The van der Waals surface area contributed by atoms with Crippen LogP contribution in [-0.4, -0.2) is 5.11 Å². The molecule has 0 fully saturated rings. The summed E-state index contributed by atoms with van der Waals surface area (Å²) in [6, 6.07) is 8.69. The van der Waals surface area contributed by atoms with Gasteiger partial charge in [0.25, 0.3) is 0 Å². The zero-order valence-corrected chi connectivity index (χ0v) is 10.1. The van der Waals surface area contributed by atoms with E-state index in [1.165, 1.54) is 6.07 Å². The second-order valence-electron chi connectivity index (χ2n) is 4.80. The number of fused-ring (bicyclic) bond motifs is 3. The number of benzene rings is 1. The van der Waals surface area contributed by atoms with E-state index in [4.69, 9.17) is 8.83 Å². The molecule has 0 aliphatic carbocycles. The third kappa shape index (κ3) is 1.54. The van der Waals surface area contributed by atoms with Crippen molar-refractivity contribution >= 4 is 21.9 Å².